The highest BCUT2D eigenvalue weighted by atomic mass is 79.9. The lowest BCUT2D eigenvalue weighted by atomic mass is 10.2. The topological polar surface area (TPSA) is 54.5 Å². The summed E-state index contributed by atoms with van der Waals surface area (Å²) in [4.78, 5) is 8.40. The number of hydrogen-bond acceptors (Lipinski definition) is 3. The van der Waals surface area contributed by atoms with Crippen LogP contribution in [-0.2, 0) is 13.5 Å². The standard InChI is InChI=1S/C11H9BrN4/c1-16-10(12)9(2-5-13)15-11(16)8-3-6-14-7-4-8/h3-4,6-7H,2H2,1H3. The van der Waals surface area contributed by atoms with Crippen molar-refractivity contribution in [2.45, 2.75) is 6.42 Å². The first kappa shape index (κ1) is 10.8. The average molecular weight is 277 g/mol. The number of nitriles is 1. The predicted molar refractivity (Wildman–Crippen MR) is 63.5 cm³/mol. The summed E-state index contributed by atoms with van der Waals surface area (Å²) in [5.41, 5.74) is 1.75. The van der Waals surface area contributed by atoms with Crippen molar-refractivity contribution in [1.29, 1.82) is 5.26 Å². The molecule has 0 saturated heterocycles. The fourth-order valence-electron chi connectivity index (χ4n) is 1.48. The van der Waals surface area contributed by atoms with E-state index < -0.39 is 0 Å². The first-order valence-electron chi connectivity index (χ1n) is 4.72. The Bertz CT molecular complexity index is 539. The summed E-state index contributed by atoms with van der Waals surface area (Å²) in [5.74, 6) is 0.833. The molecule has 0 unspecified atom stereocenters. The van der Waals surface area contributed by atoms with Crippen LogP contribution in [0.5, 0.6) is 0 Å². The van der Waals surface area contributed by atoms with Crippen LogP contribution in [0.25, 0.3) is 11.4 Å². The van der Waals surface area contributed by atoms with E-state index in [-0.39, 0.29) is 0 Å². The zero-order valence-corrected chi connectivity index (χ0v) is 10.3. The second kappa shape index (κ2) is 4.45. The summed E-state index contributed by atoms with van der Waals surface area (Å²) in [6.45, 7) is 0. The van der Waals surface area contributed by atoms with Gasteiger partial charge in [0, 0.05) is 25.0 Å². The minimum absolute atomic E-state index is 0.305. The molecule has 0 fully saturated rings. The second-order valence-corrected chi connectivity index (χ2v) is 4.05. The molecule has 0 amide bonds. The van der Waals surface area contributed by atoms with Gasteiger partial charge < -0.3 is 4.57 Å². The molecule has 2 aromatic heterocycles. The molecule has 0 aliphatic heterocycles. The molecule has 0 spiro atoms. The fourth-order valence-corrected chi connectivity index (χ4v) is 1.88. The van der Waals surface area contributed by atoms with Gasteiger partial charge in [0.1, 0.15) is 10.4 Å². The maximum atomic E-state index is 8.68. The van der Waals surface area contributed by atoms with Crippen LogP contribution < -0.4 is 0 Å². The smallest absolute Gasteiger partial charge is 0.141 e. The van der Waals surface area contributed by atoms with Gasteiger partial charge in [-0.3, -0.25) is 4.98 Å². The molecule has 0 radical (unpaired) electrons. The molecule has 2 aromatic rings. The number of halogens is 1. The third kappa shape index (κ3) is 1.84. The Morgan fingerprint density at radius 3 is 2.75 bits per heavy atom. The monoisotopic (exact) mass is 276 g/mol. The molecule has 2 heterocycles. The number of pyridine rings is 1. The van der Waals surface area contributed by atoms with E-state index in [9.17, 15) is 0 Å². The Balaban J connectivity index is 2.52. The lowest BCUT2D eigenvalue weighted by Crippen LogP contribution is -1.92. The molecular formula is C11H9BrN4. The first-order chi connectivity index (χ1) is 7.74. The number of imidazole rings is 1. The Morgan fingerprint density at radius 2 is 2.12 bits per heavy atom. The van der Waals surface area contributed by atoms with Crippen molar-refractivity contribution in [1.82, 2.24) is 14.5 Å². The zero-order chi connectivity index (χ0) is 11.5. The molecule has 5 heteroatoms. The molecule has 0 bridgehead atoms. The normalized spacial score (nSPS) is 10.1. The minimum atomic E-state index is 0.305. The maximum absolute atomic E-state index is 8.68. The van der Waals surface area contributed by atoms with Gasteiger partial charge in [0.15, 0.2) is 0 Å². The maximum Gasteiger partial charge on any atom is 0.141 e. The van der Waals surface area contributed by atoms with E-state index >= 15 is 0 Å². The summed E-state index contributed by atoms with van der Waals surface area (Å²) < 4.78 is 2.77. The second-order valence-electron chi connectivity index (χ2n) is 3.30. The Kier molecular flexibility index (Phi) is 3.02. The van der Waals surface area contributed by atoms with Crippen molar-refractivity contribution < 1.29 is 0 Å². The van der Waals surface area contributed by atoms with Crippen LogP contribution in [0.15, 0.2) is 29.1 Å². The van der Waals surface area contributed by atoms with E-state index in [1.54, 1.807) is 12.4 Å². The van der Waals surface area contributed by atoms with Crippen LogP contribution in [0, 0.1) is 11.3 Å². The molecule has 0 atom stereocenters. The van der Waals surface area contributed by atoms with Crippen LogP contribution >= 0.6 is 15.9 Å². The quantitative estimate of drug-likeness (QED) is 0.846. The Morgan fingerprint density at radius 1 is 1.44 bits per heavy atom. The van der Waals surface area contributed by atoms with Gasteiger partial charge in [0.05, 0.1) is 18.2 Å². The first-order valence-corrected chi connectivity index (χ1v) is 5.51. The summed E-state index contributed by atoms with van der Waals surface area (Å²) in [5, 5.41) is 8.68. The van der Waals surface area contributed by atoms with Crippen molar-refractivity contribution in [3.8, 4) is 17.5 Å². The Hall–Kier alpha value is -1.67. The molecular weight excluding hydrogens is 268 g/mol. The predicted octanol–water partition coefficient (Wildman–Crippen LogP) is 2.31. The molecule has 80 valence electrons. The van der Waals surface area contributed by atoms with Gasteiger partial charge in [-0.2, -0.15) is 5.26 Å². The van der Waals surface area contributed by atoms with Crippen molar-refractivity contribution in [2.75, 3.05) is 0 Å². The highest BCUT2D eigenvalue weighted by Crippen LogP contribution is 2.24. The zero-order valence-electron chi connectivity index (χ0n) is 8.68. The summed E-state index contributed by atoms with van der Waals surface area (Å²) in [6.07, 6.45) is 3.75. The molecule has 4 nitrogen and oxygen atoms in total. The lowest BCUT2D eigenvalue weighted by molar-refractivity contribution is 0.898. The number of nitrogens with zero attached hydrogens (tertiary/aromatic N) is 4. The van der Waals surface area contributed by atoms with Crippen LogP contribution in [0.2, 0.25) is 0 Å². The summed E-state index contributed by atoms with van der Waals surface area (Å²) in [6, 6.07) is 5.89. The third-order valence-corrected chi connectivity index (χ3v) is 3.27. The third-order valence-electron chi connectivity index (χ3n) is 2.28. The van der Waals surface area contributed by atoms with Gasteiger partial charge in [-0.05, 0) is 28.1 Å². The van der Waals surface area contributed by atoms with Gasteiger partial charge in [-0.25, -0.2) is 4.98 Å². The van der Waals surface area contributed by atoms with E-state index in [4.69, 9.17) is 5.26 Å². The largest absolute Gasteiger partial charge is 0.322 e. The van der Waals surface area contributed by atoms with Gasteiger partial charge >= 0.3 is 0 Å². The van der Waals surface area contributed by atoms with Crippen molar-refractivity contribution >= 4 is 15.9 Å². The molecule has 0 aliphatic carbocycles. The number of rotatable bonds is 2. The number of hydrogen-bond donors (Lipinski definition) is 0. The van der Waals surface area contributed by atoms with Crippen LogP contribution in [-0.4, -0.2) is 14.5 Å². The fraction of sp³-hybridized carbons (Fsp3) is 0.182. The molecule has 16 heavy (non-hydrogen) atoms. The van der Waals surface area contributed by atoms with Crippen LogP contribution in [0.4, 0.5) is 0 Å². The summed E-state index contributed by atoms with van der Waals surface area (Å²) >= 11 is 3.43. The van der Waals surface area contributed by atoms with E-state index in [0.29, 0.717) is 6.42 Å². The van der Waals surface area contributed by atoms with Crippen LogP contribution in [0.1, 0.15) is 5.69 Å². The summed E-state index contributed by atoms with van der Waals surface area (Å²) in [7, 11) is 1.91. The molecule has 0 saturated carbocycles. The molecule has 0 aliphatic rings. The minimum Gasteiger partial charge on any atom is -0.322 e. The molecule has 2 rings (SSSR count). The van der Waals surface area contributed by atoms with Crippen molar-refractivity contribution in [2.24, 2.45) is 7.05 Å². The molecule has 0 N–H and O–H groups in total. The Labute approximate surface area is 102 Å². The number of aromatic nitrogens is 3. The van der Waals surface area contributed by atoms with Gasteiger partial charge in [-0.15, -0.1) is 0 Å². The van der Waals surface area contributed by atoms with E-state index in [2.05, 4.69) is 32.0 Å². The highest BCUT2D eigenvalue weighted by molar-refractivity contribution is 9.10. The van der Waals surface area contributed by atoms with Gasteiger partial charge in [0.2, 0.25) is 0 Å². The van der Waals surface area contributed by atoms with Gasteiger partial charge in [0.25, 0.3) is 0 Å². The van der Waals surface area contributed by atoms with E-state index in [0.717, 1.165) is 21.7 Å². The highest BCUT2D eigenvalue weighted by Gasteiger charge is 2.13. The van der Waals surface area contributed by atoms with Crippen molar-refractivity contribution in [3.05, 3.63) is 34.8 Å². The van der Waals surface area contributed by atoms with Crippen molar-refractivity contribution in [3.63, 3.8) is 0 Å². The van der Waals surface area contributed by atoms with Crippen LogP contribution in [0.3, 0.4) is 0 Å². The molecule has 0 aromatic carbocycles. The lowest BCUT2D eigenvalue weighted by Gasteiger charge is -2.01. The van der Waals surface area contributed by atoms with Gasteiger partial charge in [-0.1, -0.05) is 0 Å². The van der Waals surface area contributed by atoms with E-state index in [1.807, 2.05) is 23.7 Å². The average Bonchev–Trinajstić information content (AvgIpc) is 2.59. The SMILES string of the molecule is Cn1c(-c2ccncc2)nc(CC#N)c1Br. The van der Waals surface area contributed by atoms with E-state index in [1.165, 1.54) is 0 Å².